The molecule has 1 saturated heterocycles. The van der Waals surface area contributed by atoms with Crippen molar-refractivity contribution in [1.29, 1.82) is 0 Å². The molecule has 1 fully saturated rings. The molecule has 442 valence electrons. The zero-order valence-electron chi connectivity index (χ0n) is 48.0. The van der Waals surface area contributed by atoms with Crippen LogP contribution in [0.2, 0.25) is 0 Å². The van der Waals surface area contributed by atoms with Gasteiger partial charge in [-0.25, -0.2) is 41.3 Å². The summed E-state index contributed by atoms with van der Waals surface area (Å²) in [7, 11) is -0.562. The van der Waals surface area contributed by atoms with Gasteiger partial charge in [-0.15, -0.1) is 30.6 Å². The summed E-state index contributed by atoms with van der Waals surface area (Å²) >= 11 is 3.14. The fraction of sp³-hybridized carbons (Fsp3) is 0.143. The van der Waals surface area contributed by atoms with E-state index in [4.69, 9.17) is 26.5 Å². The molecular formula is C63H51BBrF6N15O2. The molecule has 6 N–H and O–H groups in total. The van der Waals surface area contributed by atoms with Crippen LogP contribution >= 0.6 is 15.9 Å². The molecular weight excluding hydrogens is 1200 g/mol. The first kappa shape index (κ1) is 61.1. The predicted molar refractivity (Wildman–Crippen MR) is 330 cm³/mol. The van der Waals surface area contributed by atoms with Crippen LogP contribution in [0.4, 0.5) is 44.2 Å². The molecule has 0 amide bonds. The monoisotopic (exact) mass is 1250 g/mol. The molecule has 88 heavy (non-hydrogen) atoms. The van der Waals surface area contributed by atoms with Gasteiger partial charge in [0, 0.05) is 62.6 Å². The average Bonchev–Trinajstić information content (AvgIpc) is 1.86. The van der Waals surface area contributed by atoms with Gasteiger partial charge in [-0.1, -0.05) is 42.5 Å². The summed E-state index contributed by atoms with van der Waals surface area (Å²) in [6, 6.07) is 33.4. The summed E-state index contributed by atoms with van der Waals surface area (Å²) in [5.74, 6) is -2.85. The smallest absolute Gasteiger partial charge is 0.399 e. The van der Waals surface area contributed by atoms with Gasteiger partial charge in [0.2, 0.25) is 17.8 Å². The van der Waals surface area contributed by atoms with Gasteiger partial charge in [0.1, 0.15) is 79.9 Å². The number of aryl methyl sites for hydroxylation is 3. The van der Waals surface area contributed by atoms with E-state index in [1.54, 1.807) is 97.5 Å². The third-order valence-corrected chi connectivity index (χ3v) is 15.1. The molecule has 17 nitrogen and oxygen atoms in total. The van der Waals surface area contributed by atoms with E-state index in [1.165, 1.54) is 36.4 Å². The first-order valence-electron chi connectivity index (χ1n) is 26.9. The Hall–Kier alpha value is -9.98. The zero-order chi connectivity index (χ0) is 62.8. The number of benzene rings is 6. The van der Waals surface area contributed by atoms with Crippen LogP contribution in [-0.4, -0.2) is 78.8 Å². The van der Waals surface area contributed by atoms with Crippen molar-refractivity contribution in [3.05, 3.63) is 202 Å². The maximum Gasteiger partial charge on any atom is 0.494 e. The van der Waals surface area contributed by atoms with Gasteiger partial charge in [0.05, 0.1) is 11.2 Å². The molecule has 13 rings (SSSR count). The Morgan fingerprint density at radius 2 is 0.739 bits per heavy atom. The zero-order valence-corrected chi connectivity index (χ0v) is 49.6. The number of nitrogens with zero attached hydrogens (tertiary/aromatic N) is 12. The molecule has 25 heteroatoms. The second kappa shape index (κ2) is 25.2. The number of halogens is 7. The summed E-state index contributed by atoms with van der Waals surface area (Å²) in [6.45, 7) is 13.6. The van der Waals surface area contributed by atoms with Crippen molar-refractivity contribution in [2.24, 2.45) is 0 Å². The van der Waals surface area contributed by atoms with Crippen molar-refractivity contribution < 1.29 is 35.7 Å². The lowest BCUT2D eigenvalue weighted by molar-refractivity contribution is 0.00578. The highest BCUT2D eigenvalue weighted by molar-refractivity contribution is 9.10. The number of nitrogens with two attached hydrogens (primary N) is 3. The Balaban J connectivity index is 0.000000132. The summed E-state index contributed by atoms with van der Waals surface area (Å²) in [5, 5.41) is 24.9. The Bertz CT molecular complexity index is 4450. The molecule has 0 aliphatic carbocycles. The number of aromatic nitrogens is 12. The highest BCUT2D eigenvalue weighted by Gasteiger charge is 2.52. The number of hydrogen-bond donors (Lipinski definition) is 3. The highest BCUT2D eigenvalue weighted by Crippen LogP contribution is 2.38. The van der Waals surface area contributed by atoms with Gasteiger partial charge in [-0.2, -0.15) is 0 Å². The van der Waals surface area contributed by atoms with Crippen molar-refractivity contribution in [2.45, 2.75) is 59.7 Å². The fourth-order valence-electron chi connectivity index (χ4n) is 9.34. The van der Waals surface area contributed by atoms with Crippen LogP contribution in [0, 0.1) is 55.7 Å². The summed E-state index contributed by atoms with van der Waals surface area (Å²) in [4.78, 5) is 24.5. The molecule has 0 spiro atoms. The van der Waals surface area contributed by atoms with Gasteiger partial charge in [-0.05, 0) is 171 Å². The normalized spacial score (nSPS) is 13.1. The predicted octanol–water partition coefficient (Wildman–Crippen LogP) is 12.8. The number of hydrogen-bond acceptors (Lipinski definition) is 17. The molecule has 12 aromatic rings. The maximum absolute atomic E-state index is 14.6. The Kier molecular flexibility index (Phi) is 17.5. The van der Waals surface area contributed by atoms with Crippen molar-refractivity contribution in [1.82, 2.24) is 60.5 Å². The fourth-order valence-corrected chi connectivity index (χ4v) is 9.72. The van der Waals surface area contributed by atoms with Crippen LogP contribution in [-0.2, 0) is 9.31 Å². The first-order valence-corrected chi connectivity index (χ1v) is 27.7. The average molecular weight is 1250 g/mol. The van der Waals surface area contributed by atoms with E-state index in [2.05, 4.69) is 76.4 Å². The van der Waals surface area contributed by atoms with E-state index in [0.29, 0.717) is 48.7 Å². The quantitative estimate of drug-likeness (QED) is 0.103. The number of anilines is 3. The van der Waals surface area contributed by atoms with Crippen LogP contribution < -0.4 is 22.7 Å². The van der Waals surface area contributed by atoms with Crippen LogP contribution in [0.25, 0.3) is 89.0 Å². The minimum Gasteiger partial charge on any atom is -0.399 e. The van der Waals surface area contributed by atoms with E-state index in [-0.39, 0.29) is 74.4 Å². The molecule has 1 aliphatic rings. The SMILES string of the molecule is Cc1ccnc2c(F)cc(-c3nnc(N)nc3-c3ccccc3F)cc12.Cc1ccnc2c(F)cc(-c3nnc(N)nc3-c3ccccc3F)cc12.Cc1ccnc2c(F)cc(B3OC(C)(C)C(C)(C)O3)cc12.Nc1nnc(Br)c(-c2ccccc2F)n1. The summed E-state index contributed by atoms with van der Waals surface area (Å²) < 4.78 is 97.8. The van der Waals surface area contributed by atoms with Gasteiger partial charge in [-0.3, -0.25) is 15.0 Å². The second-order valence-corrected chi connectivity index (χ2v) is 21.8. The Morgan fingerprint density at radius 3 is 1.14 bits per heavy atom. The molecule has 0 radical (unpaired) electrons. The Labute approximate surface area is 508 Å². The van der Waals surface area contributed by atoms with Crippen LogP contribution in [0.1, 0.15) is 44.4 Å². The summed E-state index contributed by atoms with van der Waals surface area (Å²) in [6.07, 6.45) is 4.72. The number of nitrogen functional groups attached to an aromatic ring is 3. The van der Waals surface area contributed by atoms with Crippen molar-refractivity contribution in [3.63, 3.8) is 0 Å². The lowest BCUT2D eigenvalue weighted by Crippen LogP contribution is -2.41. The van der Waals surface area contributed by atoms with Gasteiger partial charge in [0.15, 0.2) is 4.60 Å². The number of pyridine rings is 3. The third kappa shape index (κ3) is 12.8. The topological polar surface area (TPSA) is 251 Å². The van der Waals surface area contributed by atoms with E-state index in [0.717, 1.165) is 22.1 Å². The highest BCUT2D eigenvalue weighted by atomic mass is 79.9. The molecule has 0 saturated carbocycles. The lowest BCUT2D eigenvalue weighted by atomic mass is 9.78. The third-order valence-electron chi connectivity index (χ3n) is 14.6. The van der Waals surface area contributed by atoms with E-state index < -0.39 is 41.6 Å². The molecule has 6 aromatic heterocycles. The molecule has 7 heterocycles. The molecule has 6 aromatic carbocycles. The minimum atomic E-state index is -0.562. The van der Waals surface area contributed by atoms with Crippen molar-refractivity contribution in [3.8, 4) is 56.3 Å². The van der Waals surface area contributed by atoms with Crippen molar-refractivity contribution in [2.75, 3.05) is 17.2 Å². The second-order valence-electron chi connectivity index (χ2n) is 21.1. The standard InChI is InChI=1S/2C19H13F2N5.C16H19BFNO2.C9H6BrFN4/c2*1-10-6-7-23-17-13(10)8-11(9-15(17)21)16-18(24-19(22)26-25-16)12-4-2-3-5-14(12)20;1-10-6-7-19-14-12(10)8-11(9-13(14)18)17-20-15(2,3)16(4,5)21-17;10-8-7(13-9(12)15-14-8)5-3-1-2-4-6(5)11/h2*2-9H,1H3,(H2,22,24,26);6-9H,1-5H3;1-4H,(H2,12,13,15). The molecule has 0 unspecified atom stereocenters. The first-order chi connectivity index (χ1) is 42.0. The minimum absolute atomic E-state index is 0.0106. The summed E-state index contributed by atoms with van der Waals surface area (Å²) in [5.41, 5.74) is 23.0. The van der Waals surface area contributed by atoms with Gasteiger partial charge >= 0.3 is 7.12 Å². The van der Waals surface area contributed by atoms with Crippen LogP contribution in [0.3, 0.4) is 0 Å². The van der Waals surface area contributed by atoms with Crippen LogP contribution in [0.5, 0.6) is 0 Å². The molecule has 1 aliphatic heterocycles. The van der Waals surface area contributed by atoms with E-state index in [9.17, 15) is 26.3 Å². The van der Waals surface area contributed by atoms with E-state index >= 15 is 0 Å². The van der Waals surface area contributed by atoms with Gasteiger partial charge in [0.25, 0.3) is 0 Å². The molecule has 0 atom stereocenters. The Morgan fingerprint density at radius 1 is 0.398 bits per heavy atom. The number of fused-ring (bicyclic) bond motifs is 3. The van der Waals surface area contributed by atoms with Crippen LogP contribution in [0.15, 0.2) is 151 Å². The van der Waals surface area contributed by atoms with E-state index in [1.807, 2.05) is 60.6 Å². The number of rotatable bonds is 6. The van der Waals surface area contributed by atoms with Gasteiger partial charge < -0.3 is 26.5 Å². The maximum atomic E-state index is 14.6. The van der Waals surface area contributed by atoms with Crippen molar-refractivity contribution >= 4 is 79.1 Å². The largest absolute Gasteiger partial charge is 0.494 e. The lowest BCUT2D eigenvalue weighted by Gasteiger charge is -2.32. The molecule has 0 bridgehead atoms.